The standard InChI is InChI=1S/C8H9BrO3/c1-8(9,7(10)11)5-6-3-2-4-12-6/h2-4H,5H2,1H3,(H,10,11). The van der Waals surface area contributed by atoms with E-state index < -0.39 is 10.3 Å². The zero-order valence-corrected chi connectivity index (χ0v) is 8.17. The molecule has 0 bridgehead atoms. The van der Waals surface area contributed by atoms with Crippen LogP contribution in [0.2, 0.25) is 0 Å². The van der Waals surface area contributed by atoms with Crippen molar-refractivity contribution in [3.63, 3.8) is 0 Å². The second kappa shape index (κ2) is 3.31. The van der Waals surface area contributed by atoms with Gasteiger partial charge in [0.2, 0.25) is 0 Å². The fraction of sp³-hybridized carbons (Fsp3) is 0.375. The second-order valence-electron chi connectivity index (χ2n) is 2.76. The first-order valence-electron chi connectivity index (χ1n) is 3.47. The average molecular weight is 233 g/mol. The molecule has 0 aliphatic heterocycles. The lowest BCUT2D eigenvalue weighted by molar-refractivity contribution is -0.139. The number of aliphatic carboxylic acids is 1. The summed E-state index contributed by atoms with van der Waals surface area (Å²) in [5.74, 6) is -0.226. The summed E-state index contributed by atoms with van der Waals surface area (Å²) in [6.07, 6.45) is 1.87. The maximum absolute atomic E-state index is 10.7. The lowest BCUT2D eigenvalue weighted by atomic mass is 10.1. The van der Waals surface area contributed by atoms with Crippen LogP contribution >= 0.6 is 15.9 Å². The molecule has 1 unspecified atom stereocenters. The van der Waals surface area contributed by atoms with Crippen molar-refractivity contribution in [1.82, 2.24) is 0 Å². The van der Waals surface area contributed by atoms with Crippen LogP contribution in [0.3, 0.4) is 0 Å². The monoisotopic (exact) mass is 232 g/mol. The molecule has 4 heteroatoms. The van der Waals surface area contributed by atoms with Crippen LogP contribution in [0.25, 0.3) is 0 Å². The Balaban J connectivity index is 2.69. The van der Waals surface area contributed by atoms with Crippen molar-refractivity contribution in [3.8, 4) is 0 Å². The molecule has 0 fully saturated rings. The summed E-state index contributed by atoms with van der Waals surface area (Å²) >= 11 is 3.11. The highest BCUT2D eigenvalue weighted by molar-refractivity contribution is 9.10. The van der Waals surface area contributed by atoms with Crippen LogP contribution in [0.15, 0.2) is 22.8 Å². The van der Waals surface area contributed by atoms with Gasteiger partial charge in [0.05, 0.1) is 6.26 Å². The molecule has 0 saturated carbocycles. The molecule has 1 aromatic heterocycles. The van der Waals surface area contributed by atoms with Gasteiger partial charge in [0, 0.05) is 6.42 Å². The summed E-state index contributed by atoms with van der Waals surface area (Å²) in [7, 11) is 0. The van der Waals surface area contributed by atoms with Crippen LogP contribution in [0.5, 0.6) is 0 Å². The van der Waals surface area contributed by atoms with Gasteiger partial charge in [-0.15, -0.1) is 0 Å². The molecule has 0 aliphatic rings. The molecule has 3 nitrogen and oxygen atoms in total. The van der Waals surface area contributed by atoms with Crippen LogP contribution < -0.4 is 0 Å². The molecule has 1 N–H and O–H groups in total. The summed E-state index contributed by atoms with van der Waals surface area (Å²) in [6, 6.07) is 3.49. The molecule has 1 atom stereocenters. The molecule has 0 saturated heterocycles. The first-order chi connectivity index (χ1) is 5.52. The van der Waals surface area contributed by atoms with E-state index in [0.29, 0.717) is 12.2 Å². The van der Waals surface area contributed by atoms with E-state index in [4.69, 9.17) is 9.52 Å². The van der Waals surface area contributed by atoms with E-state index in [0.717, 1.165) is 0 Å². The van der Waals surface area contributed by atoms with Gasteiger partial charge in [0.15, 0.2) is 0 Å². The Morgan fingerprint density at radius 2 is 2.50 bits per heavy atom. The van der Waals surface area contributed by atoms with E-state index in [1.807, 2.05) is 0 Å². The number of alkyl halides is 1. The SMILES string of the molecule is CC(Br)(Cc1ccco1)C(=O)O. The number of rotatable bonds is 3. The number of hydrogen-bond acceptors (Lipinski definition) is 2. The smallest absolute Gasteiger partial charge is 0.320 e. The van der Waals surface area contributed by atoms with Gasteiger partial charge in [-0.2, -0.15) is 0 Å². The fourth-order valence-corrected chi connectivity index (χ4v) is 1.09. The molecule has 12 heavy (non-hydrogen) atoms. The molecule has 1 rings (SSSR count). The number of carboxylic acid groups (broad SMARTS) is 1. The quantitative estimate of drug-likeness (QED) is 0.813. The molecule has 0 aromatic carbocycles. The van der Waals surface area contributed by atoms with Gasteiger partial charge in [-0.3, -0.25) is 4.79 Å². The minimum Gasteiger partial charge on any atom is -0.480 e. The molecule has 1 aromatic rings. The summed E-state index contributed by atoms with van der Waals surface area (Å²) in [5, 5.41) is 8.75. The highest BCUT2D eigenvalue weighted by atomic mass is 79.9. The average Bonchev–Trinajstić information content (AvgIpc) is 2.38. The zero-order chi connectivity index (χ0) is 9.19. The maximum Gasteiger partial charge on any atom is 0.320 e. The molecule has 0 spiro atoms. The Labute approximate surface area is 78.5 Å². The van der Waals surface area contributed by atoms with Crippen LogP contribution in [-0.2, 0) is 11.2 Å². The fourth-order valence-electron chi connectivity index (χ4n) is 0.816. The maximum atomic E-state index is 10.7. The third-order valence-corrected chi connectivity index (χ3v) is 2.15. The summed E-state index contributed by atoms with van der Waals surface area (Å²) in [5.41, 5.74) is 0. The third-order valence-electron chi connectivity index (χ3n) is 1.53. The van der Waals surface area contributed by atoms with Gasteiger partial charge in [0.1, 0.15) is 10.1 Å². The van der Waals surface area contributed by atoms with Gasteiger partial charge in [-0.1, -0.05) is 15.9 Å². The van der Waals surface area contributed by atoms with Crippen molar-refractivity contribution in [2.24, 2.45) is 0 Å². The van der Waals surface area contributed by atoms with E-state index >= 15 is 0 Å². The molecular formula is C8H9BrO3. The number of halogens is 1. The molecule has 66 valence electrons. The van der Waals surface area contributed by atoms with Gasteiger partial charge in [0.25, 0.3) is 0 Å². The van der Waals surface area contributed by atoms with E-state index in [1.165, 1.54) is 6.26 Å². The highest BCUT2D eigenvalue weighted by Crippen LogP contribution is 2.23. The van der Waals surface area contributed by atoms with E-state index in [-0.39, 0.29) is 0 Å². The van der Waals surface area contributed by atoms with Crippen molar-refractivity contribution in [2.45, 2.75) is 17.7 Å². The molecule has 0 radical (unpaired) electrons. The normalized spacial score (nSPS) is 15.5. The Hall–Kier alpha value is -0.770. The first kappa shape index (κ1) is 9.32. The Morgan fingerprint density at radius 1 is 1.83 bits per heavy atom. The zero-order valence-electron chi connectivity index (χ0n) is 6.58. The predicted molar refractivity (Wildman–Crippen MR) is 47.4 cm³/mol. The summed E-state index contributed by atoms with van der Waals surface area (Å²) in [4.78, 5) is 10.7. The summed E-state index contributed by atoms with van der Waals surface area (Å²) in [6.45, 7) is 1.60. The van der Waals surface area contributed by atoms with Crippen molar-refractivity contribution < 1.29 is 14.3 Å². The Morgan fingerprint density at radius 3 is 2.92 bits per heavy atom. The van der Waals surface area contributed by atoms with Crippen molar-refractivity contribution in [2.75, 3.05) is 0 Å². The highest BCUT2D eigenvalue weighted by Gasteiger charge is 2.30. The van der Waals surface area contributed by atoms with Crippen molar-refractivity contribution >= 4 is 21.9 Å². The third kappa shape index (κ3) is 2.11. The van der Waals surface area contributed by atoms with Gasteiger partial charge >= 0.3 is 5.97 Å². The van der Waals surface area contributed by atoms with Crippen LogP contribution in [0.4, 0.5) is 0 Å². The Kier molecular flexibility index (Phi) is 2.57. The van der Waals surface area contributed by atoms with Crippen LogP contribution in [-0.4, -0.2) is 15.4 Å². The predicted octanol–water partition coefficient (Wildman–Crippen LogP) is 2.06. The molecule has 0 amide bonds. The van der Waals surface area contributed by atoms with Crippen LogP contribution in [0.1, 0.15) is 12.7 Å². The lowest BCUT2D eigenvalue weighted by Gasteiger charge is -2.14. The largest absolute Gasteiger partial charge is 0.480 e. The number of hydrogen-bond donors (Lipinski definition) is 1. The van der Waals surface area contributed by atoms with Crippen molar-refractivity contribution in [1.29, 1.82) is 0 Å². The van der Waals surface area contributed by atoms with Crippen molar-refractivity contribution in [3.05, 3.63) is 24.2 Å². The molecule has 0 aliphatic carbocycles. The Bertz CT molecular complexity index is 264. The summed E-state index contributed by atoms with van der Waals surface area (Å²) < 4.78 is 4.09. The lowest BCUT2D eigenvalue weighted by Crippen LogP contribution is -2.30. The van der Waals surface area contributed by atoms with E-state index in [9.17, 15) is 4.79 Å². The number of carbonyl (C=O) groups is 1. The minimum atomic E-state index is -0.940. The van der Waals surface area contributed by atoms with Gasteiger partial charge < -0.3 is 9.52 Å². The minimum absolute atomic E-state index is 0.343. The van der Waals surface area contributed by atoms with E-state index in [1.54, 1.807) is 19.1 Å². The van der Waals surface area contributed by atoms with Crippen LogP contribution in [0, 0.1) is 0 Å². The molecule has 1 heterocycles. The van der Waals surface area contributed by atoms with Gasteiger partial charge in [-0.05, 0) is 19.1 Å². The number of carboxylic acids is 1. The van der Waals surface area contributed by atoms with E-state index in [2.05, 4.69) is 15.9 Å². The van der Waals surface area contributed by atoms with Gasteiger partial charge in [-0.25, -0.2) is 0 Å². The number of furan rings is 1. The second-order valence-corrected chi connectivity index (χ2v) is 4.51. The first-order valence-corrected chi connectivity index (χ1v) is 4.26. The molecular weight excluding hydrogens is 224 g/mol. The topological polar surface area (TPSA) is 50.4 Å².